The maximum absolute atomic E-state index is 6.56. The van der Waals surface area contributed by atoms with Gasteiger partial charge >= 0.3 is 0 Å². The van der Waals surface area contributed by atoms with Crippen molar-refractivity contribution in [3.63, 3.8) is 0 Å². The van der Waals surface area contributed by atoms with Crippen molar-refractivity contribution in [2.24, 2.45) is 0 Å². The van der Waals surface area contributed by atoms with Gasteiger partial charge in [-0.2, -0.15) is 0 Å². The second kappa shape index (κ2) is 9.55. The van der Waals surface area contributed by atoms with E-state index in [0.29, 0.717) is 6.61 Å². The van der Waals surface area contributed by atoms with Gasteiger partial charge in [0, 0.05) is 0 Å². The van der Waals surface area contributed by atoms with Crippen LogP contribution in [-0.4, -0.2) is 67.6 Å². The Labute approximate surface area is 205 Å². The van der Waals surface area contributed by atoms with Crippen LogP contribution in [0, 0.1) is 22.9 Å². The van der Waals surface area contributed by atoms with Crippen LogP contribution in [-0.2, 0) is 23.4 Å². The molecule has 0 aromatic carbocycles. The zero-order valence-electron chi connectivity index (χ0n) is 23.2. The zero-order chi connectivity index (χ0) is 25.5. The summed E-state index contributed by atoms with van der Waals surface area (Å²) in [5, 5.41) is 0.106. The highest BCUT2D eigenvalue weighted by Gasteiger charge is 2.64. The summed E-state index contributed by atoms with van der Waals surface area (Å²) in [5.41, 5.74) is 6.81. The van der Waals surface area contributed by atoms with E-state index in [-0.39, 0.29) is 23.9 Å². The molecule has 2 aliphatic rings. The fourth-order valence-electron chi connectivity index (χ4n) is 3.32. The number of rotatable bonds is 5. The Morgan fingerprint density at radius 1 is 0.848 bits per heavy atom. The van der Waals surface area contributed by atoms with Crippen molar-refractivity contribution in [1.82, 2.24) is 0 Å². The Bertz CT molecular complexity index is 827. The summed E-state index contributed by atoms with van der Waals surface area (Å²) in [5.74, 6) is 4.60. The largest absolute Gasteiger partial charge is 0.414 e. The Hall–Kier alpha value is -0.429. The van der Waals surface area contributed by atoms with E-state index < -0.39 is 42.1 Å². The van der Waals surface area contributed by atoms with E-state index in [0.717, 1.165) is 0 Å². The van der Waals surface area contributed by atoms with Crippen molar-refractivity contribution >= 4 is 24.5 Å². The topological polar surface area (TPSA) is 46.2 Å². The lowest BCUT2D eigenvalue weighted by Crippen LogP contribution is -2.45. The van der Waals surface area contributed by atoms with Gasteiger partial charge in [-0.15, -0.1) is 11.1 Å². The first kappa shape index (κ1) is 28.8. The van der Waals surface area contributed by atoms with Gasteiger partial charge in [0.2, 0.25) is 0 Å². The monoisotopic (exact) mass is 510 g/mol. The molecular formula is C25H46O5Si3. The highest BCUT2D eigenvalue weighted by molar-refractivity contribution is 6.84. The van der Waals surface area contributed by atoms with Gasteiger partial charge in [-0.25, -0.2) is 0 Å². The summed E-state index contributed by atoms with van der Waals surface area (Å²) in [6, 6.07) is 0. The van der Waals surface area contributed by atoms with Gasteiger partial charge in [-0.05, 0) is 37.9 Å². The lowest BCUT2D eigenvalue weighted by molar-refractivity contribution is -0.264. The normalized spacial score (nSPS) is 29.7. The van der Waals surface area contributed by atoms with E-state index in [4.69, 9.17) is 23.4 Å². The quantitative estimate of drug-likeness (QED) is 0.366. The molecule has 0 spiro atoms. The average Bonchev–Trinajstić information content (AvgIpc) is 3.05. The lowest BCUT2D eigenvalue weighted by Gasteiger charge is -2.37. The molecule has 188 valence electrons. The molecule has 2 fully saturated rings. The molecule has 0 aliphatic carbocycles. The molecule has 33 heavy (non-hydrogen) atoms. The van der Waals surface area contributed by atoms with Crippen LogP contribution in [0.25, 0.3) is 0 Å². The first-order valence-corrected chi connectivity index (χ1v) is 21.9. The van der Waals surface area contributed by atoms with Crippen LogP contribution in [0.2, 0.25) is 57.4 Å². The summed E-state index contributed by atoms with van der Waals surface area (Å²) in [6.07, 6.45) is -1.10. The predicted molar refractivity (Wildman–Crippen MR) is 143 cm³/mol. The smallest absolute Gasteiger partial charge is 0.264 e. The number of hydrogen-bond donors (Lipinski definition) is 0. The minimum atomic E-state index is -1.96. The van der Waals surface area contributed by atoms with Crippen molar-refractivity contribution in [2.45, 2.75) is 122 Å². The van der Waals surface area contributed by atoms with E-state index in [1.54, 1.807) is 0 Å². The standard InChI is InChI=1S/C25H46O5Si3/c1-23(2,3)33(12,13)27-19-20-21-22(30-24(4,5)29-21)25(28-20,15-18-32(9,10)11)26-16-14-17-31(6,7)8/h20-22H,16,19H2,1-13H3/t20-,21-,22-,25?/m1/s1. The third-order valence-corrected chi connectivity index (χ3v) is 12.3. The molecule has 0 saturated carbocycles. The zero-order valence-corrected chi connectivity index (χ0v) is 26.2. The van der Waals surface area contributed by atoms with Crippen molar-refractivity contribution < 1.29 is 23.4 Å². The first-order chi connectivity index (χ1) is 14.7. The van der Waals surface area contributed by atoms with Crippen LogP contribution in [0.4, 0.5) is 0 Å². The van der Waals surface area contributed by atoms with Crippen LogP contribution < -0.4 is 0 Å². The first-order valence-electron chi connectivity index (χ1n) is 12.0. The Morgan fingerprint density at radius 3 is 1.94 bits per heavy atom. The number of hydrogen-bond acceptors (Lipinski definition) is 5. The summed E-state index contributed by atoms with van der Waals surface area (Å²) in [6.45, 7) is 29.0. The number of ether oxygens (including phenoxy) is 4. The van der Waals surface area contributed by atoms with Crippen molar-refractivity contribution in [3.05, 3.63) is 0 Å². The highest BCUT2D eigenvalue weighted by atomic mass is 28.4. The van der Waals surface area contributed by atoms with Crippen molar-refractivity contribution in [1.29, 1.82) is 0 Å². The van der Waals surface area contributed by atoms with E-state index in [1.165, 1.54) is 0 Å². The molecule has 0 bridgehead atoms. The van der Waals surface area contributed by atoms with Gasteiger partial charge in [-0.1, -0.05) is 66.0 Å². The van der Waals surface area contributed by atoms with Gasteiger partial charge in [0.25, 0.3) is 5.79 Å². The van der Waals surface area contributed by atoms with Crippen molar-refractivity contribution in [2.75, 3.05) is 13.2 Å². The highest BCUT2D eigenvalue weighted by Crippen LogP contribution is 2.45. The van der Waals surface area contributed by atoms with Crippen LogP contribution in [0.1, 0.15) is 34.6 Å². The Morgan fingerprint density at radius 2 is 1.42 bits per heavy atom. The third kappa shape index (κ3) is 7.78. The molecule has 5 nitrogen and oxygen atoms in total. The summed E-state index contributed by atoms with van der Waals surface area (Å²) in [7, 11) is -5.16. The maximum Gasteiger partial charge on any atom is 0.264 e. The fourth-order valence-corrected chi connectivity index (χ4v) is 5.49. The van der Waals surface area contributed by atoms with Crippen molar-refractivity contribution in [3.8, 4) is 22.9 Å². The van der Waals surface area contributed by atoms with E-state index in [9.17, 15) is 0 Å². The van der Waals surface area contributed by atoms with Gasteiger partial charge in [0.1, 0.15) is 35.0 Å². The molecule has 0 aromatic rings. The molecule has 0 amide bonds. The second-order valence-corrected chi connectivity index (χ2v) is 27.6. The molecule has 2 saturated heterocycles. The molecule has 8 heteroatoms. The Balaban J connectivity index is 2.38. The second-order valence-electron chi connectivity index (χ2n) is 13.3. The van der Waals surface area contributed by atoms with Crippen LogP contribution >= 0.6 is 0 Å². The van der Waals surface area contributed by atoms with Gasteiger partial charge in [-0.3, -0.25) is 0 Å². The summed E-state index contributed by atoms with van der Waals surface area (Å²) >= 11 is 0. The molecular weight excluding hydrogens is 465 g/mol. The van der Waals surface area contributed by atoms with Crippen LogP contribution in [0.3, 0.4) is 0 Å². The molecule has 0 aromatic heterocycles. The fraction of sp³-hybridized carbons (Fsp3) is 0.840. The SMILES string of the molecule is CC1(C)O[C@H]2[C@@H](O1)C(C#C[Si](C)(C)C)(OCC#C[Si](C)(C)C)O[C@@H]2CO[Si](C)(C)C(C)(C)C. The molecule has 2 aliphatic heterocycles. The van der Waals surface area contributed by atoms with E-state index in [1.807, 2.05) is 13.8 Å². The molecule has 2 rings (SSSR count). The lowest BCUT2D eigenvalue weighted by atomic mass is 10.1. The van der Waals surface area contributed by atoms with Crippen LogP contribution in [0.5, 0.6) is 0 Å². The van der Waals surface area contributed by atoms with Gasteiger partial charge in [0.15, 0.2) is 20.2 Å². The minimum Gasteiger partial charge on any atom is -0.414 e. The molecule has 1 unspecified atom stereocenters. The molecule has 4 atom stereocenters. The molecule has 2 heterocycles. The van der Waals surface area contributed by atoms with Crippen LogP contribution in [0.15, 0.2) is 0 Å². The third-order valence-electron chi connectivity index (χ3n) is 6.05. The summed E-state index contributed by atoms with van der Waals surface area (Å²) in [4.78, 5) is 0. The minimum absolute atomic E-state index is 0.106. The molecule has 0 N–H and O–H groups in total. The predicted octanol–water partition coefficient (Wildman–Crippen LogP) is 5.40. The van der Waals surface area contributed by atoms with Gasteiger partial charge < -0.3 is 23.4 Å². The van der Waals surface area contributed by atoms with E-state index in [2.05, 4.69) is 96.1 Å². The maximum atomic E-state index is 6.56. The average molecular weight is 511 g/mol. The molecule has 0 radical (unpaired) electrons. The Kier molecular flexibility index (Phi) is 8.34. The van der Waals surface area contributed by atoms with E-state index >= 15 is 0 Å². The number of fused-ring (bicyclic) bond motifs is 1. The van der Waals surface area contributed by atoms with Gasteiger partial charge in [0.05, 0.1) is 6.61 Å². The summed E-state index contributed by atoms with van der Waals surface area (Å²) < 4.78 is 32.1.